The number of tetrazole rings is 1. The van der Waals surface area contributed by atoms with Crippen LogP contribution in [0.25, 0.3) is 22.5 Å². The maximum absolute atomic E-state index is 11.7. The quantitative estimate of drug-likeness (QED) is 0.646. The maximum atomic E-state index is 11.7. The highest BCUT2D eigenvalue weighted by Gasteiger charge is 2.30. The Hall–Kier alpha value is -3.29. The number of pyridine rings is 1. The van der Waals surface area contributed by atoms with E-state index in [9.17, 15) is 9.90 Å². The number of carboxylic acid groups (broad SMARTS) is 1. The summed E-state index contributed by atoms with van der Waals surface area (Å²) in [5, 5.41) is 23.8. The van der Waals surface area contributed by atoms with Crippen molar-refractivity contribution in [3.8, 4) is 22.5 Å². The topological polar surface area (TPSA) is 108 Å². The van der Waals surface area contributed by atoms with Gasteiger partial charge in [0.05, 0.1) is 12.1 Å². The number of aromatic amines is 1. The van der Waals surface area contributed by atoms with Crippen LogP contribution in [0.3, 0.4) is 0 Å². The van der Waals surface area contributed by atoms with E-state index >= 15 is 0 Å². The molecule has 31 heavy (non-hydrogen) atoms. The lowest BCUT2D eigenvalue weighted by molar-refractivity contribution is -0.136. The molecule has 1 saturated heterocycles. The van der Waals surface area contributed by atoms with Crippen molar-refractivity contribution in [2.75, 3.05) is 18.0 Å². The van der Waals surface area contributed by atoms with Crippen LogP contribution in [0.5, 0.6) is 0 Å². The van der Waals surface area contributed by atoms with Gasteiger partial charge in [-0.15, -0.1) is 10.2 Å². The van der Waals surface area contributed by atoms with Crippen LogP contribution < -0.4 is 4.90 Å². The summed E-state index contributed by atoms with van der Waals surface area (Å²) in [7, 11) is 0. The SMILES string of the molecule is Cc1nc(C)c(-c2ccc(-c3nn[nH]n3)cc2)c(N2CCC(C)(C)CC2)c1CC(=O)O. The average molecular weight is 421 g/mol. The largest absolute Gasteiger partial charge is 0.481 e. The fraction of sp³-hybridized carbons (Fsp3) is 0.435. The molecule has 8 nitrogen and oxygen atoms in total. The van der Waals surface area contributed by atoms with E-state index in [1.54, 1.807) is 0 Å². The number of H-pyrrole nitrogens is 1. The summed E-state index contributed by atoms with van der Waals surface area (Å²) < 4.78 is 0. The van der Waals surface area contributed by atoms with Crippen molar-refractivity contribution in [1.29, 1.82) is 0 Å². The monoisotopic (exact) mass is 420 g/mol. The Morgan fingerprint density at radius 1 is 1.10 bits per heavy atom. The van der Waals surface area contributed by atoms with Crippen LogP contribution >= 0.6 is 0 Å². The van der Waals surface area contributed by atoms with E-state index in [0.29, 0.717) is 11.2 Å². The molecule has 1 aliphatic rings. The molecule has 1 aromatic carbocycles. The summed E-state index contributed by atoms with van der Waals surface area (Å²) >= 11 is 0. The van der Waals surface area contributed by atoms with E-state index in [0.717, 1.165) is 65.3 Å². The molecule has 3 heterocycles. The zero-order valence-corrected chi connectivity index (χ0v) is 18.4. The molecule has 8 heteroatoms. The number of rotatable bonds is 5. The van der Waals surface area contributed by atoms with E-state index in [2.05, 4.69) is 39.4 Å². The third-order valence-electron chi connectivity index (χ3n) is 6.19. The molecule has 2 aromatic heterocycles. The van der Waals surface area contributed by atoms with Crippen LogP contribution in [0.2, 0.25) is 0 Å². The molecule has 3 aromatic rings. The lowest BCUT2D eigenvalue weighted by Crippen LogP contribution is -2.38. The van der Waals surface area contributed by atoms with Gasteiger partial charge in [-0.25, -0.2) is 0 Å². The standard InChI is InChI=1S/C23H28N6O2/c1-14-18(13-19(30)31)21(29-11-9-23(3,4)10-12-29)20(15(2)24-14)16-5-7-17(8-6-16)22-25-27-28-26-22/h5-8H,9-13H2,1-4H3,(H,30,31)(H,25,26,27,28). The molecule has 162 valence electrons. The minimum absolute atomic E-state index is 0.0394. The van der Waals surface area contributed by atoms with Gasteiger partial charge in [0.25, 0.3) is 0 Å². The second-order valence-corrected chi connectivity index (χ2v) is 9.02. The van der Waals surface area contributed by atoms with E-state index in [1.165, 1.54) is 0 Å². The number of aromatic nitrogens is 5. The number of carbonyl (C=O) groups is 1. The van der Waals surface area contributed by atoms with Crippen molar-refractivity contribution < 1.29 is 9.90 Å². The van der Waals surface area contributed by atoms with Gasteiger partial charge >= 0.3 is 5.97 Å². The summed E-state index contributed by atoms with van der Waals surface area (Å²) in [6.07, 6.45) is 2.09. The average Bonchev–Trinajstić information content (AvgIpc) is 3.25. The minimum Gasteiger partial charge on any atom is -0.481 e. The van der Waals surface area contributed by atoms with Crippen LogP contribution in [0.4, 0.5) is 5.69 Å². The second-order valence-electron chi connectivity index (χ2n) is 9.02. The predicted molar refractivity (Wildman–Crippen MR) is 119 cm³/mol. The third kappa shape index (κ3) is 4.28. The number of hydrogen-bond acceptors (Lipinski definition) is 6. The van der Waals surface area contributed by atoms with Crippen molar-refractivity contribution in [2.24, 2.45) is 5.41 Å². The molecule has 1 aliphatic heterocycles. The van der Waals surface area contributed by atoms with E-state index in [-0.39, 0.29) is 6.42 Å². The molecular formula is C23H28N6O2. The van der Waals surface area contributed by atoms with Crippen molar-refractivity contribution in [3.05, 3.63) is 41.2 Å². The molecule has 0 spiro atoms. The van der Waals surface area contributed by atoms with Gasteiger partial charge in [-0.05, 0) is 42.9 Å². The molecule has 0 unspecified atom stereocenters. The lowest BCUT2D eigenvalue weighted by atomic mass is 9.82. The first-order chi connectivity index (χ1) is 14.7. The molecule has 0 radical (unpaired) electrons. The molecule has 0 amide bonds. The zero-order valence-electron chi connectivity index (χ0n) is 18.4. The lowest BCUT2D eigenvalue weighted by Gasteiger charge is -2.40. The number of carboxylic acids is 1. The Morgan fingerprint density at radius 3 is 2.32 bits per heavy atom. The Kier molecular flexibility index (Phi) is 5.47. The van der Waals surface area contributed by atoms with Gasteiger partial charge in [0, 0.05) is 41.2 Å². The molecule has 1 fully saturated rings. The number of nitrogens with one attached hydrogen (secondary N) is 1. The van der Waals surface area contributed by atoms with Gasteiger partial charge in [0.1, 0.15) is 0 Å². The zero-order chi connectivity index (χ0) is 22.2. The highest BCUT2D eigenvalue weighted by Crippen LogP contribution is 2.41. The summed E-state index contributed by atoms with van der Waals surface area (Å²) in [5.41, 5.74) is 6.66. The highest BCUT2D eigenvalue weighted by molar-refractivity contribution is 5.86. The highest BCUT2D eigenvalue weighted by atomic mass is 16.4. The van der Waals surface area contributed by atoms with Crippen LogP contribution in [0, 0.1) is 19.3 Å². The van der Waals surface area contributed by atoms with Crippen molar-refractivity contribution in [3.63, 3.8) is 0 Å². The molecular weight excluding hydrogens is 392 g/mol. The Labute approximate surface area is 181 Å². The first kappa shape index (κ1) is 21.0. The molecule has 0 aliphatic carbocycles. The first-order valence-electron chi connectivity index (χ1n) is 10.6. The number of benzene rings is 1. The number of aryl methyl sites for hydroxylation is 2. The Balaban J connectivity index is 1.83. The number of nitrogens with zero attached hydrogens (tertiary/aromatic N) is 5. The fourth-order valence-electron chi connectivity index (χ4n) is 4.33. The van der Waals surface area contributed by atoms with Crippen molar-refractivity contribution in [2.45, 2.75) is 47.0 Å². The number of aliphatic carboxylic acids is 1. The number of hydrogen-bond donors (Lipinski definition) is 2. The van der Waals surface area contributed by atoms with Gasteiger partial charge in [0.15, 0.2) is 0 Å². The van der Waals surface area contributed by atoms with Crippen molar-refractivity contribution >= 4 is 11.7 Å². The Bertz CT molecular complexity index is 1080. The molecule has 0 atom stereocenters. The van der Waals surface area contributed by atoms with E-state index in [1.807, 2.05) is 38.1 Å². The predicted octanol–water partition coefficient (Wildman–Crippen LogP) is 3.80. The Morgan fingerprint density at radius 2 is 1.74 bits per heavy atom. The van der Waals surface area contributed by atoms with Gasteiger partial charge in [-0.2, -0.15) is 5.21 Å². The summed E-state index contributed by atoms with van der Waals surface area (Å²) in [6.45, 7) is 10.3. The molecule has 2 N–H and O–H groups in total. The molecule has 0 saturated carbocycles. The van der Waals surface area contributed by atoms with Gasteiger partial charge < -0.3 is 10.0 Å². The van der Waals surface area contributed by atoms with E-state index in [4.69, 9.17) is 4.98 Å². The smallest absolute Gasteiger partial charge is 0.307 e. The van der Waals surface area contributed by atoms with Crippen LogP contribution in [-0.4, -0.2) is 49.8 Å². The van der Waals surface area contributed by atoms with E-state index < -0.39 is 5.97 Å². The van der Waals surface area contributed by atoms with Gasteiger partial charge in [0.2, 0.25) is 5.82 Å². The summed E-state index contributed by atoms with van der Waals surface area (Å²) in [5.74, 6) is -0.305. The third-order valence-corrected chi connectivity index (χ3v) is 6.19. The molecule has 4 rings (SSSR count). The second kappa shape index (κ2) is 8.09. The van der Waals surface area contributed by atoms with Crippen LogP contribution in [0.15, 0.2) is 24.3 Å². The van der Waals surface area contributed by atoms with Gasteiger partial charge in [-0.1, -0.05) is 38.1 Å². The van der Waals surface area contributed by atoms with Crippen LogP contribution in [-0.2, 0) is 11.2 Å². The minimum atomic E-state index is -0.842. The fourth-order valence-corrected chi connectivity index (χ4v) is 4.33. The number of piperidine rings is 1. The van der Waals surface area contributed by atoms with Gasteiger partial charge in [-0.3, -0.25) is 9.78 Å². The summed E-state index contributed by atoms with van der Waals surface area (Å²) in [6, 6.07) is 7.96. The first-order valence-corrected chi connectivity index (χ1v) is 10.6. The maximum Gasteiger partial charge on any atom is 0.307 e. The normalized spacial score (nSPS) is 15.8. The number of anilines is 1. The van der Waals surface area contributed by atoms with Crippen molar-refractivity contribution in [1.82, 2.24) is 25.6 Å². The molecule has 0 bridgehead atoms. The van der Waals surface area contributed by atoms with Crippen LogP contribution in [0.1, 0.15) is 43.6 Å². The summed E-state index contributed by atoms with van der Waals surface area (Å²) in [4.78, 5) is 18.8.